The summed E-state index contributed by atoms with van der Waals surface area (Å²) in [4.78, 5) is 0. The maximum absolute atomic E-state index is 5.80. The summed E-state index contributed by atoms with van der Waals surface area (Å²) in [5, 5.41) is 4.99. The van der Waals surface area contributed by atoms with Crippen molar-refractivity contribution in [3.63, 3.8) is 0 Å². The maximum atomic E-state index is 5.80. The molecule has 0 saturated heterocycles. The lowest BCUT2D eigenvalue weighted by molar-refractivity contribution is 0.665. The Bertz CT molecular complexity index is 417. The molecule has 0 atom stereocenters. The summed E-state index contributed by atoms with van der Waals surface area (Å²) in [6.45, 7) is 2.85. The van der Waals surface area contributed by atoms with Gasteiger partial charge in [-0.1, -0.05) is 23.7 Å². The van der Waals surface area contributed by atoms with Crippen molar-refractivity contribution in [2.45, 2.75) is 13.5 Å². The normalized spacial score (nSPS) is 10.4. The van der Waals surface area contributed by atoms with Gasteiger partial charge in [0.1, 0.15) is 0 Å². The molecule has 14 heavy (non-hydrogen) atoms. The minimum Gasteiger partial charge on any atom is -0.265 e. The Morgan fingerprint density at radius 1 is 1.21 bits per heavy atom. The first-order valence-electron chi connectivity index (χ1n) is 4.48. The zero-order chi connectivity index (χ0) is 9.97. The number of aryl methyl sites for hydroxylation is 1. The lowest BCUT2D eigenvalue weighted by Crippen LogP contribution is -2.02. The summed E-state index contributed by atoms with van der Waals surface area (Å²) >= 11 is 5.80. The molecule has 0 amide bonds. The third kappa shape index (κ3) is 1.96. The Morgan fingerprint density at radius 3 is 2.50 bits per heavy atom. The second-order valence-corrected chi connectivity index (χ2v) is 3.69. The number of rotatable bonds is 2. The van der Waals surface area contributed by atoms with Crippen molar-refractivity contribution in [2.75, 3.05) is 0 Å². The molecule has 2 rings (SSSR count). The average Bonchev–Trinajstić information content (AvgIpc) is 2.56. The molecule has 0 aliphatic heterocycles. The number of nitrogens with zero attached hydrogens (tertiary/aromatic N) is 2. The molecular weight excluding hydrogens is 196 g/mol. The van der Waals surface area contributed by atoms with Crippen LogP contribution < -0.4 is 0 Å². The minimum atomic E-state index is 0.769. The molecule has 2 nitrogen and oxygen atoms in total. The monoisotopic (exact) mass is 206 g/mol. The summed E-state index contributed by atoms with van der Waals surface area (Å²) in [7, 11) is 0. The highest BCUT2D eigenvalue weighted by Gasteiger charge is 1.98. The van der Waals surface area contributed by atoms with Crippen molar-refractivity contribution in [1.29, 1.82) is 0 Å². The van der Waals surface area contributed by atoms with Crippen LogP contribution in [0.5, 0.6) is 0 Å². The summed E-state index contributed by atoms with van der Waals surface area (Å²) < 4.78 is 1.96. The van der Waals surface area contributed by atoms with E-state index >= 15 is 0 Å². The van der Waals surface area contributed by atoms with Gasteiger partial charge in [-0.15, -0.1) is 0 Å². The Balaban J connectivity index is 2.19. The maximum Gasteiger partial charge on any atom is 0.0662 e. The Hall–Kier alpha value is -1.28. The van der Waals surface area contributed by atoms with Crippen molar-refractivity contribution in [3.8, 4) is 0 Å². The molecule has 0 spiro atoms. The van der Waals surface area contributed by atoms with E-state index in [4.69, 9.17) is 11.6 Å². The zero-order valence-corrected chi connectivity index (χ0v) is 8.70. The predicted octanol–water partition coefficient (Wildman–Crippen LogP) is 2.89. The molecule has 3 heteroatoms. The van der Waals surface area contributed by atoms with Gasteiger partial charge in [0.05, 0.1) is 6.54 Å². The fraction of sp³-hybridized carbons (Fsp3) is 0.182. The largest absolute Gasteiger partial charge is 0.265 e. The second kappa shape index (κ2) is 3.84. The Morgan fingerprint density at radius 2 is 1.93 bits per heavy atom. The number of aromatic nitrogens is 2. The first kappa shape index (κ1) is 9.28. The van der Waals surface area contributed by atoms with E-state index in [1.54, 1.807) is 0 Å². The van der Waals surface area contributed by atoms with Crippen LogP contribution in [0.25, 0.3) is 0 Å². The molecule has 0 saturated carbocycles. The topological polar surface area (TPSA) is 17.8 Å². The first-order valence-corrected chi connectivity index (χ1v) is 4.86. The smallest absolute Gasteiger partial charge is 0.0662 e. The van der Waals surface area contributed by atoms with Crippen molar-refractivity contribution >= 4 is 11.6 Å². The highest BCUT2D eigenvalue weighted by atomic mass is 35.5. The molecular formula is C11H11ClN2. The predicted molar refractivity (Wildman–Crippen MR) is 57.5 cm³/mol. The van der Waals surface area contributed by atoms with Crippen LogP contribution in [0, 0.1) is 6.92 Å². The van der Waals surface area contributed by atoms with Gasteiger partial charge in [-0.05, 0) is 30.7 Å². The van der Waals surface area contributed by atoms with E-state index < -0.39 is 0 Å². The van der Waals surface area contributed by atoms with Crippen molar-refractivity contribution in [1.82, 2.24) is 9.78 Å². The number of halogens is 1. The van der Waals surface area contributed by atoms with Crippen LogP contribution in [-0.4, -0.2) is 9.78 Å². The van der Waals surface area contributed by atoms with Gasteiger partial charge in [0.15, 0.2) is 0 Å². The van der Waals surface area contributed by atoms with Gasteiger partial charge in [-0.3, -0.25) is 4.68 Å². The van der Waals surface area contributed by atoms with Crippen LogP contribution >= 0.6 is 11.6 Å². The SMILES string of the molecule is Cc1ccnn1Cc1ccc(Cl)cc1. The van der Waals surface area contributed by atoms with Gasteiger partial charge in [-0.25, -0.2) is 0 Å². The van der Waals surface area contributed by atoms with E-state index in [-0.39, 0.29) is 0 Å². The fourth-order valence-electron chi connectivity index (χ4n) is 1.33. The van der Waals surface area contributed by atoms with E-state index in [0.29, 0.717) is 0 Å². The van der Waals surface area contributed by atoms with E-state index in [9.17, 15) is 0 Å². The average molecular weight is 207 g/mol. The third-order valence-corrected chi connectivity index (χ3v) is 2.43. The van der Waals surface area contributed by atoms with Gasteiger partial charge < -0.3 is 0 Å². The molecule has 0 aliphatic carbocycles. The van der Waals surface area contributed by atoms with Crippen LogP contribution in [-0.2, 0) is 6.54 Å². The molecule has 0 aliphatic rings. The van der Waals surface area contributed by atoms with Crippen LogP contribution in [0.1, 0.15) is 11.3 Å². The van der Waals surface area contributed by atoms with Crippen LogP contribution in [0.4, 0.5) is 0 Å². The standard InChI is InChI=1S/C11H11ClN2/c1-9-6-7-13-14(9)8-10-2-4-11(12)5-3-10/h2-7H,8H2,1H3. The van der Waals surface area contributed by atoms with Crippen molar-refractivity contribution in [2.24, 2.45) is 0 Å². The lowest BCUT2D eigenvalue weighted by atomic mass is 10.2. The summed E-state index contributed by atoms with van der Waals surface area (Å²) in [5.41, 5.74) is 2.38. The van der Waals surface area contributed by atoms with Crippen LogP contribution in [0.2, 0.25) is 5.02 Å². The summed E-state index contributed by atoms with van der Waals surface area (Å²) in [5.74, 6) is 0. The molecule has 0 N–H and O–H groups in total. The molecule has 0 bridgehead atoms. The second-order valence-electron chi connectivity index (χ2n) is 3.26. The fourth-order valence-corrected chi connectivity index (χ4v) is 1.45. The van der Waals surface area contributed by atoms with Gasteiger partial charge in [0, 0.05) is 16.9 Å². The highest BCUT2D eigenvalue weighted by molar-refractivity contribution is 6.30. The van der Waals surface area contributed by atoms with Crippen molar-refractivity contribution < 1.29 is 0 Å². The molecule has 0 unspecified atom stereocenters. The zero-order valence-electron chi connectivity index (χ0n) is 7.94. The summed E-state index contributed by atoms with van der Waals surface area (Å²) in [6, 6.07) is 9.83. The van der Waals surface area contributed by atoms with E-state index in [0.717, 1.165) is 11.6 Å². The number of hydrogen-bond acceptors (Lipinski definition) is 1. The lowest BCUT2D eigenvalue weighted by Gasteiger charge is -2.04. The van der Waals surface area contributed by atoms with Gasteiger partial charge >= 0.3 is 0 Å². The molecule has 72 valence electrons. The van der Waals surface area contributed by atoms with E-state index in [1.165, 1.54) is 11.3 Å². The molecule has 0 radical (unpaired) electrons. The molecule has 0 fully saturated rings. The quantitative estimate of drug-likeness (QED) is 0.739. The molecule has 1 aromatic carbocycles. The molecule has 2 aromatic rings. The molecule has 1 heterocycles. The Kier molecular flexibility index (Phi) is 2.55. The van der Waals surface area contributed by atoms with Crippen molar-refractivity contribution in [3.05, 3.63) is 52.8 Å². The van der Waals surface area contributed by atoms with E-state index in [2.05, 4.69) is 5.10 Å². The van der Waals surface area contributed by atoms with Gasteiger partial charge in [-0.2, -0.15) is 5.10 Å². The van der Waals surface area contributed by atoms with E-state index in [1.807, 2.05) is 48.1 Å². The number of hydrogen-bond donors (Lipinski definition) is 0. The summed E-state index contributed by atoms with van der Waals surface area (Å²) in [6.07, 6.45) is 1.81. The van der Waals surface area contributed by atoms with Crippen LogP contribution in [0.15, 0.2) is 36.5 Å². The van der Waals surface area contributed by atoms with Gasteiger partial charge in [0.25, 0.3) is 0 Å². The third-order valence-electron chi connectivity index (χ3n) is 2.17. The highest BCUT2D eigenvalue weighted by Crippen LogP contribution is 2.11. The number of benzene rings is 1. The Labute approximate surface area is 88.1 Å². The minimum absolute atomic E-state index is 0.769. The van der Waals surface area contributed by atoms with Gasteiger partial charge in [0.2, 0.25) is 0 Å². The first-order chi connectivity index (χ1) is 6.75. The molecule has 1 aromatic heterocycles. The van der Waals surface area contributed by atoms with Crippen LogP contribution in [0.3, 0.4) is 0 Å².